The molecule has 9 heteroatoms. The van der Waals surface area contributed by atoms with Crippen molar-refractivity contribution in [2.24, 2.45) is 17.6 Å². The zero-order valence-electron chi connectivity index (χ0n) is 18.6. The van der Waals surface area contributed by atoms with Crippen molar-refractivity contribution in [3.8, 4) is 5.75 Å². The van der Waals surface area contributed by atoms with Crippen LogP contribution < -0.4 is 15.8 Å². The van der Waals surface area contributed by atoms with Crippen LogP contribution in [0.3, 0.4) is 0 Å². The lowest BCUT2D eigenvalue weighted by Crippen LogP contribution is -2.65. The molecule has 0 radical (unpaired) electrons. The number of carbonyl (C=O) groups is 3. The third kappa shape index (κ3) is 5.70. The summed E-state index contributed by atoms with van der Waals surface area (Å²) in [4.78, 5) is 36.7. The number of rotatable bonds is 5. The van der Waals surface area contributed by atoms with Gasteiger partial charge in [0.15, 0.2) is 0 Å². The number of nitrogens with zero attached hydrogens (tertiary/aromatic N) is 2. The fourth-order valence-corrected chi connectivity index (χ4v) is 5.71. The Balaban J connectivity index is 0.000000913. The Morgan fingerprint density at radius 3 is 2.75 bits per heavy atom. The van der Waals surface area contributed by atoms with E-state index in [0.717, 1.165) is 31.8 Å². The molecule has 1 aromatic rings. The molecule has 3 saturated heterocycles. The molecule has 176 valence electrons. The predicted molar refractivity (Wildman–Crippen MR) is 119 cm³/mol. The number of carboxylic acid groups (broad SMARTS) is 1. The standard InChI is InChI=1S/C22H32N4O3.CH2O2/c1-29-18-6-4-5-15(9-18)10-20-17-11-16(19-7-2-3-8-26(19)20)13-25(14-17)21(27)12-24-22(23)28;2-1-3/h4-6,9,16-17,19-20H,2-3,7-8,10-14H2,1H3,(H3,23,24,28);1H,(H,2,3)/t16-,17+,19+,20+;/m1./s1. The van der Waals surface area contributed by atoms with Gasteiger partial charge in [0.05, 0.1) is 13.7 Å². The van der Waals surface area contributed by atoms with Crippen LogP contribution in [0.2, 0.25) is 0 Å². The second-order valence-corrected chi connectivity index (χ2v) is 8.80. The number of benzene rings is 1. The Labute approximate surface area is 188 Å². The largest absolute Gasteiger partial charge is 0.497 e. The zero-order valence-corrected chi connectivity index (χ0v) is 18.6. The van der Waals surface area contributed by atoms with Crippen molar-refractivity contribution in [3.05, 3.63) is 29.8 Å². The number of urea groups is 1. The Morgan fingerprint density at radius 1 is 1.28 bits per heavy atom. The minimum Gasteiger partial charge on any atom is -0.497 e. The SMILES string of the molecule is COc1cccc(C[C@H]2[C@H]3C[C@H](CN(C(=O)CNC(N)=O)C3)[C@@H]3CCCCN32)c1.O=CO. The van der Waals surface area contributed by atoms with E-state index in [1.807, 2.05) is 11.0 Å². The van der Waals surface area contributed by atoms with Crippen LogP contribution in [0, 0.1) is 11.8 Å². The Kier molecular flexibility index (Phi) is 8.33. The lowest BCUT2D eigenvalue weighted by molar-refractivity contribution is -0.139. The zero-order chi connectivity index (χ0) is 23.1. The first-order chi connectivity index (χ1) is 15.5. The van der Waals surface area contributed by atoms with Gasteiger partial charge in [0, 0.05) is 25.2 Å². The van der Waals surface area contributed by atoms with Crippen LogP contribution >= 0.6 is 0 Å². The van der Waals surface area contributed by atoms with E-state index in [1.165, 1.54) is 31.2 Å². The number of methoxy groups -OCH3 is 1. The molecule has 0 aromatic heterocycles. The van der Waals surface area contributed by atoms with Crippen molar-refractivity contribution >= 4 is 18.4 Å². The van der Waals surface area contributed by atoms with Gasteiger partial charge in [-0.1, -0.05) is 18.6 Å². The summed E-state index contributed by atoms with van der Waals surface area (Å²) >= 11 is 0. The highest BCUT2D eigenvalue weighted by Crippen LogP contribution is 2.42. The average molecular weight is 447 g/mol. The fraction of sp³-hybridized carbons (Fsp3) is 0.609. The summed E-state index contributed by atoms with van der Waals surface area (Å²) < 4.78 is 5.42. The molecule has 0 spiro atoms. The van der Waals surface area contributed by atoms with E-state index >= 15 is 0 Å². The van der Waals surface area contributed by atoms with Gasteiger partial charge in [0.2, 0.25) is 5.91 Å². The average Bonchev–Trinajstić information content (AvgIpc) is 2.80. The summed E-state index contributed by atoms with van der Waals surface area (Å²) in [7, 11) is 1.70. The lowest BCUT2D eigenvalue weighted by atomic mass is 9.71. The smallest absolute Gasteiger partial charge is 0.312 e. The van der Waals surface area contributed by atoms with E-state index in [9.17, 15) is 9.59 Å². The number of amides is 3. The second kappa shape index (κ2) is 11.2. The van der Waals surface area contributed by atoms with Gasteiger partial charge in [0.1, 0.15) is 5.75 Å². The molecule has 0 unspecified atom stereocenters. The molecule has 3 aliphatic heterocycles. The van der Waals surface area contributed by atoms with Crippen LogP contribution in [0.15, 0.2) is 24.3 Å². The number of nitrogens with one attached hydrogen (secondary N) is 1. The minimum atomic E-state index is -0.648. The van der Waals surface area contributed by atoms with E-state index in [0.29, 0.717) is 23.9 Å². The minimum absolute atomic E-state index is 0.0102. The molecule has 1 aromatic carbocycles. The van der Waals surface area contributed by atoms with Crippen molar-refractivity contribution in [1.82, 2.24) is 15.1 Å². The summed E-state index contributed by atoms with van der Waals surface area (Å²) in [5.74, 6) is 1.84. The molecule has 9 nitrogen and oxygen atoms in total. The molecule has 4 N–H and O–H groups in total. The number of likely N-dealkylation sites (tertiary alicyclic amines) is 1. The summed E-state index contributed by atoms with van der Waals surface area (Å²) in [5, 5.41) is 9.34. The van der Waals surface area contributed by atoms with Crippen LogP contribution in [-0.4, -0.2) is 78.7 Å². The summed E-state index contributed by atoms with van der Waals surface area (Å²) in [6, 6.07) is 8.68. The van der Waals surface area contributed by atoms with Crippen LogP contribution in [0.5, 0.6) is 5.75 Å². The van der Waals surface area contributed by atoms with E-state index < -0.39 is 6.03 Å². The van der Waals surface area contributed by atoms with Gasteiger partial charge in [-0.3, -0.25) is 14.5 Å². The van der Waals surface area contributed by atoms with E-state index in [-0.39, 0.29) is 18.9 Å². The van der Waals surface area contributed by atoms with E-state index in [4.69, 9.17) is 20.4 Å². The quantitative estimate of drug-likeness (QED) is 0.586. The summed E-state index contributed by atoms with van der Waals surface area (Å²) in [5.41, 5.74) is 6.43. The molecule has 32 heavy (non-hydrogen) atoms. The molecule has 0 saturated carbocycles. The summed E-state index contributed by atoms with van der Waals surface area (Å²) in [6.45, 7) is 2.45. The van der Waals surface area contributed by atoms with Crippen LogP contribution in [0.1, 0.15) is 31.2 Å². The van der Waals surface area contributed by atoms with Crippen molar-refractivity contribution < 1.29 is 24.2 Å². The molecule has 4 atom stereocenters. The maximum absolute atomic E-state index is 12.7. The van der Waals surface area contributed by atoms with Crippen molar-refractivity contribution in [2.45, 2.75) is 44.2 Å². The maximum atomic E-state index is 12.7. The molecule has 3 heterocycles. The molecule has 3 amide bonds. The number of hydrogen-bond acceptors (Lipinski definition) is 5. The van der Waals surface area contributed by atoms with Crippen LogP contribution in [0.4, 0.5) is 4.79 Å². The lowest BCUT2D eigenvalue weighted by Gasteiger charge is -2.57. The van der Waals surface area contributed by atoms with Crippen LogP contribution in [-0.2, 0) is 16.0 Å². The Hall–Kier alpha value is -2.81. The van der Waals surface area contributed by atoms with Gasteiger partial charge in [-0.15, -0.1) is 0 Å². The molecule has 0 aliphatic carbocycles. The number of hydrogen-bond donors (Lipinski definition) is 3. The monoisotopic (exact) mass is 446 g/mol. The van der Waals surface area contributed by atoms with Gasteiger partial charge in [-0.05, 0) is 61.8 Å². The Morgan fingerprint density at radius 2 is 2.03 bits per heavy atom. The topological polar surface area (TPSA) is 125 Å². The second-order valence-electron chi connectivity index (χ2n) is 8.80. The van der Waals surface area contributed by atoms with E-state index in [1.54, 1.807) is 7.11 Å². The molecule has 4 rings (SSSR count). The molecular formula is C23H34N4O5. The van der Waals surface area contributed by atoms with Crippen molar-refractivity contribution in [3.63, 3.8) is 0 Å². The molecule has 2 bridgehead atoms. The van der Waals surface area contributed by atoms with Gasteiger partial charge >= 0.3 is 6.03 Å². The third-order valence-corrected chi connectivity index (χ3v) is 6.97. The number of carbonyl (C=O) groups excluding carboxylic acids is 2. The van der Waals surface area contributed by atoms with E-state index in [2.05, 4.69) is 28.4 Å². The van der Waals surface area contributed by atoms with Gasteiger partial charge in [-0.25, -0.2) is 4.79 Å². The van der Waals surface area contributed by atoms with Crippen LogP contribution in [0.25, 0.3) is 0 Å². The first kappa shape index (κ1) is 23.8. The highest BCUT2D eigenvalue weighted by molar-refractivity contribution is 5.83. The van der Waals surface area contributed by atoms with Gasteiger partial charge < -0.3 is 25.8 Å². The first-order valence-corrected chi connectivity index (χ1v) is 11.2. The normalized spacial score (nSPS) is 26.7. The third-order valence-electron chi connectivity index (χ3n) is 6.97. The Bertz CT molecular complexity index is 804. The first-order valence-electron chi connectivity index (χ1n) is 11.2. The predicted octanol–water partition coefficient (Wildman–Crippen LogP) is 1.31. The number of fused-ring (bicyclic) bond motifs is 4. The van der Waals surface area contributed by atoms with Gasteiger partial charge in [-0.2, -0.15) is 0 Å². The highest BCUT2D eigenvalue weighted by Gasteiger charge is 2.47. The number of piperidine rings is 3. The number of ether oxygens (including phenoxy) is 1. The maximum Gasteiger partial charge on any atom is 0.312 e. The highest BCUT2D eigenvalue weighted by atomic mass is 16.5. The van der Waals surface area contributed by atoms with Crippen molar-refractivity contribution in [1.29, 1.82) is 0 Å². The number of primary amides is 1. The molecule has 3 aliphatic rings. The summed E-state index contributed by atoms with van der Waals surface area (Å²) in [6.07, 6.45) is 5.91. The van der Waals surface area contributed by atoms with Gasteiger partial charge in [0.25, 0.3) is 6.47 Å². The molecule has 3 fully saturated rings. The fourth-order valence-electron chi connectivity index (χ4n) is 5.71. The van der Waals surface area contributed by atoms with Crippen molar-refractivity contribution in [2.75, 3.05) is 33.3 Å². The molecular weight excluding hydrogens is 412 g/mol. The number of nitrogens with two attached hydrogens (primary N) is 1.